The summed E-state index contributed by atoms with van der Waals surface area (Å²) in [5, 5.41) is 5.33. The maximum atomic E-state index is 12.4. The van der Waals surface area contributed by atoms with Crippen LogP contribution >= 0.6 is 11.3 Å². The fourth-order valence-electron chi connectivity index (χ4n) is 2.12. The third-order valence-electron chi connectivity index (χ3n) is 3.65. The summed E-state index contributed by atoms with van der Waals surface area (Å²) in [5.41, 5.74) is 0.862. The molecule has 0 unspecified atom stereocenters. The first kappa shape index (κ1) is 13.5. The van der Waals surface area contributed by atoms with E-state index in [0.29, 0.717) is 29.9 Å². The van der Waals surface area contributed by atoms with Crippen molar-refractivity contribution in [1.29, 1.82) is 0 Å². The molecule has 2 saturated carbocycles. The number of hydrogen-bond donors (Lipinski definition) is 2. The fourth-order valence-corrected chi connectivity index (χ4v) is 4.99. The van der Waals surface area contributed by atoms with Crippen LogP contribution in [0.4, 0.5) is 0 Å². The van der Waals surface area contributed by atoms with Gasteiger partial charge in [-0.3, -0.25) is 0 Å². The Bertz CT molecular complexity index is 557. The first-order valence-corrected chi connectivity index (χ1v) is 9.22. The molecular weight excluding hydrogens is 280 g/mol. The average Bonchev–Trinajstić information content (AvgIpc) is 3.24. The Labute approximate surface area is 118 Å². The number of thiophene rings is 1. The molecule has 4 nitrogen and oxygen atoms in total. The van der Waals surface area contributed by atoms with Gasteiger partial charge in [-0.2, -0.15) is 0 Å². The smallest absolute Gasteiger partial charge is 0.241 e. The van der Waals surface area contributed by atoms with Gasteiger partial charge in [0.2, 0.25) is 10.0 Å². The van der Waals surface area contributed by atoms with Gasteiger partial charge in [-0.15, -0.1) is 11.3 Å². The van der Waals surface area contributed by atoms with Crippen molar-refractivity contribution >= 4 is 21.4 Å². The van der Waals surface area contributed by atoms with Crippen molar-refractivity contribution < 1.29 is 8.42 Å². The Kier molecular flexibility index (Phi) is 3.68. The molecule has 1 aromatic rings. The zero-order valence-corrected chi connectivity index (χ0v) is 12.7. The molecule has 1 aromatic heterocycles. The van der Waals surface area contributed by atoms with Crippen LogP contribution in [0.25, 0.3) is 0 Å². The predicted molar refractivity (Wildman–Crippen MR) is 76.8 cm³/mol. The van der Waals surface area contributed by atoms with Gasteiger partial charge in [0.25, 0.3) is 0 Å². The predicted octanol–water partition coefficient (Wildman–Crippen LogP) is 2.00. The number of hydrogen-bond acceptors (Lipinski definition) is 4. The van der Waals surface area contributed by atoms with Crippen LogP contribution in [-0.2, 0) is 16.6 Å². The lowest BCUT2D eigenvalue weighted by Gasteiger charge is -2.09. The number of rotatable bonds is 7. The first-order valence-electron chi connectivity index (χ1n) is 6.86. The molecule has 0 spiro atoms. The number of sulfonamides is 1. The normalized spacial score (nSPS) is 19.8. The van der Waals surface area contributed by atoms with E-state index in [1.165, 1.54) is 12.8 Å². The highest BCUT2D eigenvalue weighted by atomic mass is 32.2. The van der Waals surface area contributed by atoms with E-state index in [1.54, 1.807) is 11.3 Å². The summed E-state index contributed by atoms with van der Waals surface area (Å²) < 4.78 is 27.5. The summed E-state index contributed by atoms with van der Waals surface area (Å²) >= 11 is 1.54. The maximum absolute atomic E-state index is 12.4. The van der Waals surface area contributed by atoms with Crippen LogP contribution in [-0.4, -0.2) is 21.0 Å². The molecule has 3 rings (SSSR count). The van der Waals surface area contributed by atoms with E-state index < -0.39 is 10.0 Å². The van der Waals surface area contributed by atoms with Gasteiger partial charge in [-0.05, 0) is 49.5 Å². The number of nitrogens with one attached hydrogen (secondary N) is 2. The van der Waals surface area contributed by atoms with Gasteiger partial charge in [0, 0.05) is 24.0 Å². The van der Waals surface area contributed by atoms with Gasteiger partial charge in [-0.25, -0.2) is 13.1 Å². The minimum Gasteiger partial charge on any atom is -0.309 e. The second kappa shape index (κ2) is 5.16. The Morgan fingerprint density at radius 2 is 2.05 bits per heavy atom. The van der Waals surface area contributed by atoms with E-state index in [9.17, 15) is 8.42 Å². The zero-order valence-electron chi connectivity index (χ0n) is 11.1. The molecular formula is C13H20N2O2S2. The SMILES string of the molecule is Cc1csc(CNC2CC2)c1S(=O)(=O)NCC1CC1. The Morgan fingerprint density at radius 1 is 1.32 bits per heavy atom. The van der Waals surface area contributed by atoms with Crippen molar-refractivity contribution in [2.75, 3.05) is 6.54 Å². The highest BCUT2D eigenvalue weighted by molar-refractivity contribution is 7.89. The molecule has 0 amide bonds. The van der Waals surface area contributed by atoms with Crippen molar-refractivity contribution in [3.63, 3.8) is 0 Å². The summed E-state index contributed by atoms with van der Waals surface area (Å²) in [5.74, 6) is 0.557. The molecule has 0 aliphatic heterocycles. The van der Waals surface area contributed by atoms with Crippen molar-refractivity contribution in [2.45, 2.75) is 50.1 Å². The van der Waals surface area contributed by atoms with E-state index in [2.05, 4.69) is 10.0 Å². The molecule has 106 valence electrons. The lowest BCUT2D eigenvalue weighted by molar-refractivity contribution is 0.575. The summed E-state index contributed by atoms with van der Waals surface area (Å²) in [6, 6.07) is 0.595. The van der Waals surface area contributed by atoms with Gasteiger partial charge >= 0.3 is 0 Å². The van der Waals surface area contributed by atoms with Gasteiger partial charge in [0.15, 0.2) is 0 Å². The molecule has 0 bridgehead atoms. The van der Waals surface area contributed by atoms with Crippen LogP contribution in [0.2, 0.25) is 0 Å². The van der Waals surface area contributed by atoms with Crippen molar-refractivity contribution in [1.82, 2.24) is 10.0 Å². The molecule has 0 radical (unpaired) electrons. The van der Waals surface area contributed by atoms with Crippen LogP contribution < -0.4 is 10.0 Å². The second-order valence-electron chi connectivity index (χ2n) is 5.62. The minimum absolute atomic E-state index is 0.506. The minimum atomic E-state index is -3.34. The highest BCUT2D eigenvalue weighted by Crippen LogP contribution is 2.31. The zero-order chi connectivity index (χ0) is 13.5. The molecule has 19 heavy (non-hydrogen) atoms. The monoisotopic (exact) mass is 300 g/mol. The largest absolute Gasteiger partial charge is 0.309 e. The average molecular weight is 300 g/mol. The van der Waals surface area contributed by atoms with Gasteiger partial charge < -0.3 is 5.32 Å². The summed E-state index contributed by atoms with van der Waals surface area (Å²) in [6.45, 7) is 3.14. The Hall–Kier alpha value is -0.430. The quantitative estimate of drug-likeness (QED) is 0.810. The first-order chi connectivity index (χ1) is 9.06. The molecule has 2 fully saturated rings. The van der Waals surface area contributed by atoms with Gasteiger partial charge in [-0.1, -0.05) is 0 Å². The molecule has 0 aromatic carbocycles. The van der Waals surface area contributed by atoms with Crippen LogP contribution in [0, 0.1) is 12.8 Å². The summed E-state index contributed by atoms with van der Waals surface area (Å²) in [4.78, 5) is 1.44. The molecule has 2 aliphatic carbocycles. The molecule has 2 aliphatic rings. The molecule has 0 atom stereocenters. The fraction of sp³-hybridized carbons (Fsp3) is 0.692. The molecule has 6 heteroatoms. The lowest BCUT2D eigenvalue weighted by Crippen LogP contribution is -2.27. The Balaban J connectivity index is 1.74. The van der Waals surface area contributed by atoms with Crippen LogP contribution in [0.15, 0.2) is 10.3 Å². The Morgan fingerprint density at radius 3 is 2.68 bits per heavy atom. The van der Waals surface area contributed by atoms with E-state index in [0.717, 1.165) is 23.3 Å². The standard InChI is InChI=1S/C13H20N2O2S2/c1-9-8-18-12(7-14-11-4-5-11)13(9)19(16,17)15-6-10-2-3-10/h8,10-11,14-15H,2-7H2,1H3. The molecule has 1 heterocycles. The highest BCUT2D eigenvalue weighted by Gasteiger charge is 2.28. The third kappa shape index (κ3) is 3.37. The van der Waals surface area contributed by atoms with E-state index in [4.69, 9.17) is 0 Å². The van der Waals surface area contributed by atoms with E-state index in [-0.39, 0.29) is 0 Å². The maximum Gasteiger partial charge on any atom is 0.241 e. The van der Waals surface area contributed by atoms with Crippen molar-refractivity contribution in [3.8, 4) is 0 Å². The third-order valence-corrected chi connectivity index (χ3v) is 6.53. The van der Waals surface area contributed by atoms with Crippen LogP contribution in [0.5, 0.6) is 0 Å². The van der Waals surface area contributed by atoms with Crippen LogP contribution in [0.1, 0.15) is 36.1 Å². The van der Waals surface area contributed by atoms with E-state index >= 15 is 0 Å². The summed E-state index contributed by atoms with van der Waals surface area (Å²) in [6.07, 6.45) is 4.74. The number of aryl methyl sites for hydroxylation is 1. The van der Waals surface area contributed by atoms with Crippen molar-refractivity contribution in [3.05, 3.63) is 15.8 Å². The van der Waals surface area contributed by atoms with Gasteiger partial charge in [0.1, 0.15) is 4.90 Å². The molecule has 0 saturated heterocycles. The van der Waals surface area contributed by atoms with Gasteiger partial charge in [0.05, 0.1) is 0 Å². The lowest BCUT2D eigenvalue weighted by atomic mass is 10.3. The summed E-state index contributed by atoms with van der Waals surface area (Å²) in [7, 11) is -3.34. The van der Waals surface area contributed by atoms with E-state index in [1.807, 2.05) is 12.3 Å². The second-order valence-corrected chi connectivity index (χ2v) is 8.29. The van der Waals surface area contributed by atoms with Crippen LogP contribution in [0.3, 0.4) is 0 Å². The molecule has 2 N–H and O–H groups in total. The van der Waals surface area contributed by atoms with Crippen molar-refractivity contribution in [2.24, 2.45) is 5.92 Å². The topological polar surface area (TPSA) is 58.2 Å².